The van der Waals surface area contributed by atoms with Crippen LogP contribution >= 0.6 is 11.3 Å². The molecule has 3 rings (SSSR count). The first kappa shape index (κ1) is 16.8. The maximum atomic E-state index is 12.6. The zero-order chi connectivity index (χ0) is 17.2. The van der Waals surface area contributed by atoms with Crippen LogP contribution in [0.4, 0.5) is 18.9 Å². The molecule has 0 radical (unpaired) electrons. The quantitative estimate of drug-likeness (QED) is 0.813. The predicted molar refractivity (Wildman–Crippen MR) is 88.0 cm³/mol. The third kappa shape index (κ3) is 3.90. The Bertz CT molecular complexity index is 673. The molecule has 1 aromatic carbocycles. The van der Waals surface area contributed by atoms with Gasteiger partial charge >= 0.3 is 6.18 Å². The summed E-state index contributed by atoms with van der Waals surface area (Å²) in [5.41, 5.74) is 1.89. The van der Waals surface area contributed by atoms with Crippen molar-refractivity contribution < 1.29 is 18.0 Å². The Morgan fingerprint density at radius 3 is 2.58 bits per heavy atom. The molecule has 0 N–H and O–H groups in total. The van der Waals surface area contributed by atoms with E-state index in [1.807, 2.05) is 52.1 Å². The van der Waals surface area contributed by atoms with Crippen molar-refractivity contribution in [1.82, 2.24) is 4.90 Å². The Hall–Kier alpha value is -2.02. The monoisotopic (exact) mass is 354 g/mol. The van der Waals surface area contributed by atoms with Gasteiger partial charge in [0.25, 0.3) is 0 Å². The van der Waals surface area contributed by atoms with Gasteiger partial charge in [-0.15, -0.1) is 0 Å². The van der Waals surface area contributed by atoms with Crippen molar-refractivity contribution in [2.45, 2.75) is 25.2 Å². The minimum absolute atomic E-state index is 0.135. The topological polar surface area (TPSA) is 23.6 Å². The second kappa shape index (κ2) is 6.84. The molecule has 0 bridgehead atoms. The van der Waals surface area contributed by atoms with Crippen LogP contribution in [0.5, 0.6) is 0 Å². The summed E-state index contributed by atoms with van der Waals surface area (Å²) in [4.78, 5) is 15.3. The van der Waals surface area contributed by atoms with Gasteiger partial charge in [-0.1, -0.05) is 18.2 Å². The van der Waals surface area contributed by atoms with Gasteiger partial charge in [-0.3, -0.25) is 4.79 Å². The molecule has 3 nitrogen and oxygen atoms in total. The molecule has 1 atom stereocenters. The third-order valence-corrected chi connectivity index (χ3v) is 4.77. The fourth-order valence-electron chi connectivity index (χ4n) is 2.97. The molecule has 1 amide bonds. The molecule has 0 spiro atoms. The average Bonchev–Trinajstić information content (AvgIpc) is 3.16. The molecule has 1 saturated heterocycles. The molecule has 128 valence electrons. The Balaban J connectivity index is 1.82. The molecular weight excluding hydrogens is 337 g/mol. The number of anilines is 1. The van der Waals surface area contributed by atoms with Crippen molar-refractivity contribution in [2.75, 3.05) is 18.0 Å². The maximum absolute atomic E-state index is 12.6. The molecule has 2 aromatic rings. The highest BCUT2D eigenvalue weighted by atomic mass is 32.1. The van der Waals surface area contributed by atoms with Gasteiger partial charge in [0.15, 0.2) is 0 Å². The first-order valence-electron chi connectivity index (χ1n) is 7.62. The van der Waals surface area contributed by atoms with Crippen LogP contribution in [0, 0.1) is 0 Å². The van der Waals surface area contributed by atoms with Gasteiger partial charge in [-0.05, 0) is 40.9 Å². The van der Waals surface area contributed by atoms with E-state index in [0.717, 1.165) is 16.2 Å². The number of benzene rings is 1. The fraction of sp³-hybridized carbons (Fsp3) is 0.353. The summed E-state index contributed by atoms with van der Waals surface area (Å²) in [6, 6.07) is 10.8. The van der Waals surface area contributed by atoms with Crippen molar-refractivity contribution in [3.8, 4) is 0 Å². The third-order valence-electron chi connectivity index (χ3n) is 4.04. The number of carbonyl (C=O) groups excluding carboxylic acids is 1. The Morgan fingerprint density at radius 1 is 1.21 bits per heavy atom. The van der Waals surface area contributed by atoms with Crippen molar-refractivity contribution in [3.05, 3.63) is 52.7 Å². The summed E-state index contributed by atoms with van der Waals surface area (Å²) in [5.74, 6) is -0.452. The fourth-order valence-corrected chi connectivity index (χ4v) is 3.63. The number of alkyl halides is 3. The highest BCUT2D eigenvalue weighted by Gasteiger charge is 2.41. The number of hydrogen-bond donors (Lipinski definition) is 0. The summed E-state index contributed by atoms with van der Waals surface area (Å²) in [5, 5.41) is 3.94. The summed E-state index contributed by atoms with van der Waals surface area (Å²) in [6.07, 6.45) is -3.97. The van der Waals surface area contributed by atoms with Gasteiger partial charge in [0, 0.05) is 18.8 Å². The van der Waals surface area contributed by atoms with Gasteiger partial charge in [-0.25, -0.2) is 0 Å². The smallest absolute Gasteiger partial charge is 0.355 e. The van der Waals surface area contributed by atoms with Gasteiger partial charge in [0.05, 0.1) is 0 Å². The molecule has 0 saturated carbocycles. The summed E-state index contributed by atoms with van der Waals surface area (Å²) in [6.45, 7) is -0.539. The zero-order valence-corrected chi connectivity index (χ0v) is 13.7. The van der Waals surface area contributed by atoms with Gasteiger partial charge < -0.3 is 9.80 Å². The van der Waals surface area contributed by atoms with E-state index >= 15 is 0 Å². The summed E-state index contributed by atoms with van der Waals surface area (Å²) < 4.78 is 37.9. The van der Waals surface area contributed by atoms with Crippen LogP contribution in [0.2, 0.25) is 0 Å². The molecular formula is C17H17F3N2OS. The number of carbonyl (C=O) groups is 1. The lowest BCUT2D eigenvalue weighted by Gasteiger charge is -2.30. The average molecular weight is 354 g/mol. The molecule has 2 heterocycles. The van der Waals surface area contributed by atoms with Crippen molar-refractivity contribution in [3.63, 3.8) is 0 Å². The van der Waals surface area contributed by atoms with Crippen molar-refractivity contribution >= 4 is 22.9 Å². The van der Waals surface area contributed by atoms with Crippen molar-refractivity contribution in [1.29, 1.82) is 0 Å². The molecule has 1 fully saturated rings. The molecule has 1 aliphatic rings. The predicted octanol–water partition coefficient (Wildman–Crippen LogP) is 3.92. The number of likely N-dealkylation sites (tertiary alicyclic amines) is 1. The Morgan fingerprint density at radius 2 is 1.96 bits per heavy atom. The van der Waals surface area contributed by atoms with E-state index in [1.54, 1.807) is 11.3 Å². The number of para-hydroxylation sites is 1. The second-order valence-electron chi connectivity index (χ2n) is 5.77. The normalized spacial score (nSPS) is 18.2. The lowest BCUT2D eigenvalue weighted by Crippen LogP contribution is -2.44. The number of thiophene rings is 1. The summed E-state index contributed by atoms with van der Waals surface area (Å²) >= 11 is 1.56. The number of amides is 1. The van der Waals surface area contributed by atoms with Crippen LogP contribution < -0.4 is 4.90 Å². The van der Waals surface area contributed by atoms with Crippen molar-refractivity contribution in [2.24, 2.45) is 0 Å². The maximum Gasteiger partial charge on any atom is 0.406 e. The number of hydrogen-bond acceptors (Lipinski definition) is 3. The van der Waals surface area contributed by atoms with Crippen LogP contribution in [0.25, 0.3) is 0 Å². The van der Waals surface area contributed by atoms with E-state index in [-0.39, 0.29) is 6.54 Å². The first-order valence-corrected chi connectivity index (χ1v) is 8.56. The van der Waals surface area contributed by atoms with E-state index in [2.05, 4.69) is 0 Å². The lowest BCUT2D eigenvalue weighted by atomic mass is 10.1. The highest BCUT2D eigenvalue weighted by molar-refractivity contribution is 7.07. The minimum atomic E-state index is -4.37. The van der Waals surface area contributed by atoms with Crippen LogP contribution in [-0.2, 0) is 11.3 Å². The number of halogens is 3. The lowest BCUT2D eigenvalue weighted by molar-refractivity contribution is -0.157. The molecule has 1 unspecified atom stereocenters. The Kier molecular flexibility index (Phi) is 4.80. The van der Waals surface area contributed by atoms with E-state index < -0.39 is 24.7 Å². The first-order chi connectivity index (χ1) is 11.4. The minimum Gasteiger partial charge on any atom is -0.355 e. The Labute approximate surface area is 142 Å². The van der Waals surface area contributed by atoms with Crippen LogP contribution in [-0.4, -0.2) is 36.1 Å². The largest absolute Gasteiger partial charge is 0.406 e. The SMILES string of the molecule is O=C1C(N(Cc2ccsc2)c2ccccc2)CCN1CC(F)(F)F. The standard InChI is InChI=1S/C17H17F3N2OS/c18-17(19,20)12-21-8-6-15(16(21)23)22(10-13-7-9-24-11-13)14-4-2-1-3-5-14/h1-5,7,9,11,15H,6,8,10,12H2. The summed E-state index contributed by atoms with van der Waals surface area (Å²) in [7, 11) is 0. The molecule has 0 aliphatic carbocycles. The van der Waals surface area contributed by atoms with E-state index in [1.165, 1.54) is 0 Å². The van der Waals surface area contributed by atoms with Gasteiger partial charge in [0.1, 0.15) is 12.6 Å². The van der Waals surface area contributed by atoms with E-state index in [4.69, 9.17) is 0 Å². The van der Waals surface area contributed by atoms with Crippen LogP contribution in [0.15, 0.2) is 47.2 Å². The van der Waals surface area contributed by atoms with Crippen LogP contribution in [0.3, 0.4) is 0 Å². The molecule has 1 aliphatic heterocycles. The van der Waals surface area contributed by atoms with Gasteiger partial charge in [-0.2, -0.15) is 24.5 Å². The molecule has 7 heteroatoms. The highest BCUT2D eigenvalue weighted by Crippen LogP contribution is 2.28. The van der Waals surface area contributed by atoms with Gasteiger partial charge in [0.2, 0.25) is 5.91 Å². The number of rotatable bonds is 5. The second-order valence-corrected chi connectivity index (χ2v) is 6.55. The molecule has 24 heavy (non-hydrogen) atoms. The number of nitrogens with zero attached hydrogens (tertiary/aromatic N) is 2. The molecule has 1 aromatic heterocycles. The zero-order valence-electron chi connectivity index (χ0n) is 12.9. The van der Waals surface area contributed by atoms with E-state index in [9.17, 15) is 18.0 Å². The van der Waals surface area contributed by atoms with Crippen LogP contribution in [0.1, 0.15) is 12.0 Å². The van der Waals surface area contributed by atoms with E-state index in [0.29, 0.717) is 13.0 Å².